The maximum absolute atomic E-state index is 11.9. The van der Waals surface area contributed by atoms with Gasteiger partial charge in [-0.2, -0.15) is 0 Å². The topological polar surface area (TPSA) is 98.5 Å². The van der Waals surface area contributed by atoms with E-state index in [0.29, 0.717) is 6.54 Å². The van der Waals surface area contributed by atoms with E-state index < -0.39 is 22.9 Å². The Labute approximate surface area is 136 Å². The van der Waals surface area contributed by atoms with E-state index in [1.165, 1.54) is 19.1 Å². The second kappa shape index (κ2) is 7.88. The summed E-state index contributed by atoms with van der Waals surface area (Å²) in [5.41, 5.74) is -0.232. The van der Waals surface area contributed by atoms with Crippen LogP contribution in [0.3, 0.4) is 0 Å². The van der Waals surface area contributed by atoms with Crippen LogP contribution in [0.1, 0.15) is 31.1 Å². The molecule has 8 heteroatoms. The number of hydrogen-bond donors (Lipinski definition) is 1. The minimum atomic E-state index is -0.978. The summed E-state index contributed by atoms with van der Waals surface area (Å²) in [7, 11) is 0. The normalized spacial score (nSPS) is 11.9. The predicted molar refractivity (Wildman–Crippen MR) is 83.5 cm³/mol. The summed E-state index contributed by atoms with van der Waals surface area (Å²) in [4.78, 5) is 33.9. The Morgan fingerprint density at radius 1 is 1.36 bits per heavy atom. The fourth-order valence-electron chi connectivity index (χ4n) is 1.51. The molecule has 0 aromatic heterocycles. The van der Waals surface area contributed by atoms with Crippen molar-refractivity contribution in [2.75, 3.05) is 6.54 Å². The van der Waals surface area contributed by atoms with Crippen molar-refractivity contribution in [3.8, 4) is 0 Å². The zero-order valence-electron chi connectivity index (χ0n) is 12.5. The summed E-state index contributed by atoms with van der Waals surface area (Å²) >= 11 is 3.03. The first-order valence-corrected chi connectivity index (χ1v) is 7.44. The highest BCUT2D eigenvalue weighted by Gasteiger charge is 2.21. The van der Waals surface area contributed by atoms with E-state index in [9.17, 15) is 19.7 Å². The maximum atomic E-state index is 11.9. The van der Waals surface area contributed by atoms with Gasteiger partial charge >= 0.3 is 5.97 Å². The van der Waals surface area contributed by atoms with Gasteiger partial charge in [0.05, 0.1) is 15.0 Å². The number of carbonyl (C=O) groups is 2. The van der Waals surface area contributed by atoms with Crippen LogP contribution in [0.15, 0.2) is 22.7 Å². The highest BCUT2D eigenvalue weighted by atomic mass is 79.9. The zero-order chi connectivity index (χ0) is 16.9. The summed E-state index contributed by atoms with van der Waals surface area (Å²) in [6.45, 7) is 5.81. The van der Waals surface area contributed by atoms with Crippen molar-refractivity contribution in [2.24, 2.45) is 5.92 Å². The molecule has 120 valence electrons. The maximum Gasteiger partial charge on any atom is 0.339 e. The Balaban J connectivity index is 2.74. The third-order valence-electron chi connectivity index (χ3n) is 2.72. The molecule has 7 nitrogen and oxygen atoms in total. The van der Waals surface area contributed by atoms with Crippen LogP contribution >= 0.6 is 15.9 Å². The number of nitro benzene ring substituents is 1. The molecule has 22 heavy (non-hydrogen) atoms. The van der Waals surface area contributed by atoms with E-state index in [-0.39, 0.29) is 21.6 Å². The van der Waals surface area contributed by atoms with Gasteiger partial charge in [-0.3, -0.25) is 14.9 Å². The van der Waals surface area contributed by atoms with Crippen molar-refractivity contribution in [3.63, 3.8) is 0 Å². The van der Waals surface area contributed by atoms with Crippen molar-refractivity contribution >= 4 is 33.5 Å². The molecule has 1 rings (SSSR count). The molecule has 0 aliphatic carbocycles. The molecular formula is C14H17BrN2O5. The van der Waals surface area contributed by atoms with Crippen LogP contribution in [-0.2, 0) is 9.53 Å². The molecule has 0 saturated carbocycles. The number of amides is 1. The molecule has 0 saturated heterocycles. The standard InChI is InChI=1S/C14H17BrN2O5/c1-8(2)7-16-13(18)9(3)22-14(19)10-4-5-11(15)12(6-10)17(20)21/h4-6,8-9H,7H2,1-3H3,(H,16,18)/t9-/m0/s1. The van der Waals surface area contributed by atoms with Gasteiger partial charge in [0.25, 0.3) is 11.6 Å². The fraction of sp³-hybridized carbons (Fsp3) is 0.429. The highest BCUT2D eigenvalue weighted by Crippen LogP contribution is 2.26. The van der Waals surface area contributed by atoms with Gasteiger partial charge in [-0.15, -0.1) is 0 Å². The van der Waals surface area contributed by atoms with Gasteiger partial charge < -0.3 is 10.1 Å². The Kier molecular flexibility index (Phi) is 6.48. The largest absolute Gasteiger partial charge is 0.449 e. The van der Waals surface area contributed by atoms with Crippen LogP contribution in [0.4, 0.5) is 5.69 Å². The molecule has 0 unspecified atom stereocenters. The number of esters is 1. The predicted octanol–water partition coefficient (Wildman–Crippen LogP) is 2.67. The van der Waals surface area contributed by atoms with Gasteiger partial charge in [-0.05, 0) is 40.9 Å². The van der Waals surface area contributed by atoms with Gasteiger partial charge in [0, 0.05) is 12.6 Å². The molecule has 1 aromatic carbocycles. The van der Waals surface area contributed by atoms with E-state index in [2.05, 4.69) is 21.2 Å². The molecule has 0 heterocycles. The van der Waals surface area contributed by atoms with Crippen molar-refractivity contribution in [2.45, 2.75) is 26.9 Å². The number of nitrogens with zero attached hydrogens (tertiary/aromatic N) is 1. The van der Waals surface area contributed by atoms with E-state index >= 15 is 0 Å². The van der Waals surface area contributed by atoms with Gasteiger partial charge in [-0.25, -0.2) is 4.79 Å². The third kappa shape index (κ3) is 5.10. The van der Waals surface area contributed by atoms with Crippen LogP contribution in [0.5, 0.6) is 0 Å². The molecule has 0 spiro atoms. The summed E-state index contributed by atoms with van der Waals surface area (Å²) in [5, 5.41) is 13.5. The Morgan fingerprint density at radius 2 is 2.00 bits per heavy atom. The molecule has 0 aliphatic heterocycles. The van der Waals surface area contributed by atoms with Crippen LogP contribution < -0.4 is 5.32 Å². The summed E-state index contributed by atoms with van der Waals surface area (Å²) in [5.74, 6) is -0.919. The van der Waals surface area contributed by atoms with Crippen molar-refractivity contribution in [3.05, 3.63) is 38.3 Å². The number of ether oxygens (including phenoxy) is 1. The second-order valence-electron chi connectivity index (χ2n) is 5.11. The van der Waals surface area contributed by atoms with Crippen molar-refractivity contribution in [1.82, 2.24) is 5.32 Å². The lowest BCUT2D eigenvalue weighted by Crippen LogP contribution is -2.37. The van der Waals surface area contributed by atoms with E-state index in [0.717, 1.165) is 6.07 Å². The van der Waals surface area contributed by atoms with Gasteiger partial charge in [-0.1, -0.05) is 13.8 Å². The van der Waals surface area contributed by atoms with Crippen LogP contribution in [0, 0.1) is 16.0 Å². The molecule has 0 fully saturated rings. The number of halogens is 1. The molecule has 0 radical (unpaired) electrons. The fourth-order valence-corrected chi connectivity index (χ4v) is 1.90. The van der Waals surface area contributed by atoms with Gasteiger partial charge in [0.2, 0.25) is 0 Å². The number of carbonyl (C=O) groups excluding carboxylic acids is 2. The van der Waals surface area contributed by atoms with Crippen LogP contribution in [0.2, 0.25) is 0 Å². The number of nitrogens with one attached hydrogen (secondary N) is 1. The number of nitro groups is 1. The van der Waals surface area contributed by atoms with Crippen LogP contribution in [-0.4, -0.2) is 29.4 Å². The number of benzene rings is 1. The lowest BCUT2D eigenvalue weighted by Gasteiger charge is -2.14. The van der Waals surface area contributed by atoms with E-state index in [1.54, 1.807) is 0 Å². The lowest BCUT2D eigenvalue weighted by molar-refractivity contribution is -0.385. The van der Waals surface area contributed by atoms with Gasteiger partial charge in [0.15, 0.2) is 6.10 Å². The minimum absolute atomic E-state index is 0.0124. The van der Waals surface area contributed by atoms with E-state index in [1.807, 2.05) is 13.8 Å². The summed E-state index contributed by atoms with van der Waals surface area (Å²) < 4.78 is 5.28. The Morgan fingerprint density at radius 3 is 2.55 bits per heavy atom. The highest BCUT2D eigenvalue weighted by molar-refractivity contribution is 9.10. The molecule has 0 bridgehead atoms. The third-order valence-corrected chi connectivity index (χ3v) is 3.39. The lowest BCUT2D eigenvalue weighted by atomic mass is 10.2. The first-order valence-electron chi connectivity index (χ1n) is 6.65. The number of rotatable bonds is 6. The average molecular weight is 373 g/mol. The van der Waals surface area contributed by atoms with Crippen molar-refractivity contribution < 1.29 is 19.2 Å². The smallest absolute Gasteiger partial charge is 0.339 e. The molecule has 1 amide bonds. The Hall–Kier alpha value is -1.96. The molecule has 1 aromatic rings. The summed E-state index contributed by atoms with van der Waals surface area (Å²) in [6.07, 6.45) is -0.978. The molecular weight excluding hydrogens is 356 g/mol. The zero-order valence-corrected chi connectivity index (χ0v) is 14.0. The minimum Gasteiger partial charge on any atom is -0.449 e. The average Bonchev–Trinajstić information content (AvgIpc) is 2.44. The molecule has 1 N–H and O–H groups in total. The molecule has 0 aliphatic rings. The van der Waals surface area contributed by atoms with Gasteiger partial charge in [0.1, 0.15) is 0 Å². The van der Waals surface area contributed by atoms with Crippen molar-refractivity contribution in [1.29, 1.82) is 0 Å². The quantitative estimate of drug-likeness (QED) is 0.470. The number of hydrogen-bond acceptors (Lipinski definition) is 5. The molecule has 1 atom stereocenters. The monoisotopic (exact) mass is 372 g/mol. The summed E-state index contributed by atoms with van der Waals surface area (Å²) in [6, 6.07) is 3.88. The second-order valence-corrected chi connectivity index (χ2v) is 5.96. The van der Waals surface area contributed by atoms with Crippen LogP contribution in [0.25, 0.3) is 0 Å². The Bertz CT molecular complexity index is 589. The SMILES string of the molecule is CC(C)CNC(=O)[C@H](C)OC(=O)c1ccc(Br)c([N+](=O)[O-])c1. The first-order chi connectivity index (χ1) is 10.2. The first kappa shape index (κ1) is 18.1. The van der Waals surface area contributed by atoms with E-state index in [4.69, 9.17) is 4.74 Å².